The summed E-state index contributed by atoms with van der Waals surface area (Å²) in [6.45, 7) is 6.93. The monoisotopic (exact) mass is 572 g/mol. The molecule has 3 aliphatic heterocycles. The van der Waals surface area contributed by atoms with E-state index >= 15 is 4.39 Å². The molecule has 11 heteroatoms. The number of ether oxygens (including phenoxy) is 1. The SMILES string of the molecule is C=CC(=O)N1C2CCC1CN(c1nc(=O)n3c4c(c(-c5cc(Cl)c(F)cc5F)c(C)cc14)SC[C@@H]3COC)C2. The zero-order chi connectivity index (χ0) is 27.6. The number of thioether (sulfide) groups is 1. The number of methoxy groups -OCH3 is 1. The zero-order valence-corrected chi connectivity index (χ0v) is 23.1. The Balaban J connectivity index is 1.57. The topological polar surface area (TPSA) is 67.7 Å². The van der Waals surface area contributed by atoms with E-state index < -0.39 is 17.3 Å². The fourth-order valence-electron chi connectivity index (χ4n) is 6.37. The number of hydrogen-bond acceptors (Lipinski definition) is 6. The van der Waals surface area contributed by atoms with Gasteiger partial charge in [0, 0.05) is 65.5 Å². The van der Waals surface area contributed by atoms with Crippen LogP contribution >= 0.6 is 23.4 Å². The van der Waals surface area contributed by atoms with E-state index in [4.69, 9.17) is 16.3 Å². The second-order valence-corrected chi connectivity index (χ2v) is 11.7. The number of carbonyl (C=O) groups excluding carboxylic acids is 1. The molecule has 0 saturated carbocycles. The van der Waals surface area contributed by atoms with Gasteiger partial charge >= 0.3 is 5.69 Å². The van der Waals surface area contributed by atoms with Gasteiger partial charge in [0.15, 0.2) is 0 Å². The Morgan fingerprint density at radius 1 is 1.23 bits per heavy atom. The van der Waals surface area contributed by atoms with Crippen molar-refractivity contribution in [2.24, 2.45) is 0 Å². The van der Waals surface area contributed by atoms with Crippen LogP contribution in [-0.4, -0.2) is 65.0 Å². The Morgan fingerprint density at radius 2 is 1.95 bits per heavy atom. The smallest absolute Gasteiger partial charge is 0.350 e. The predicted octanol–water partition coefficient (Wildman–Crippen LogP) is 4.96. The Hall–Kier alpha value is -2.95. The lowest BCUT2D eigenvalue weighted by molar-refractivity contribution is -0.129. The Kier molecular flexibility index (Phi) is 6.68. The van der Waals surface area contributed by atoms with Gasteiger partial charge in [-0.1, -0.05) is 18.2 Å². The number of hydrogen-bond donors (Lipinski definition) is 0. The highest BCUT2D eigenvalue weighted by Crippen LogP contribution is 2.47. The van der Waals surface area contributed by atoms with E-state index in [-0.39, 0.29) is 34.6 Å². The first-order chi connectivity index (χ1) is 18.7. The van der Waals surface area contributed by atoms with Gasteiger partial charge in [-0.25, -0.2) is 13.6 Å². The molecule has 1 amide bonds. The normalized spacial score (nSPS) is 22.0. The lowest BCUT2D eigenvalue weighted by Crippen LogP contribution is -2.56. The number of amides is 1. The molecule has 2 aromatic carbocycles. The van der Waals surface area contributed by atoms with Crippen LogP contribution in [-0.2, 0) is 9.53 Å². The first-order valence-corrected chi connectivity index (χ1v) is 14.2. The van der Waals surface area contributed by atoms with Crippen LogP contribution in [0.2, 0.25) is 5.02 Å². The molecule has 0 spiro atoms. The van der Waals surface area contributed by atoms with Crippen LogP contribution in [0.15, 0.2) is 40.5 Å². The minimum atomic E-state index is -0.829. The lowest BCUT2D eigenvalue weighted by atomic mass is 9.96. The summed E-state index contributed by atoms with van der Waals surface area (Å²) >= 11 is 7.59. The Bertz CT molecular complexity index is 1580. The molecule has 2 unspecified atom stereocenters. The van der Waals surface area contributed by atoms with E-state index in [2.05, 4.69) is 16.5 Å². The maximum absolute atomic E-state index is 15.1. The number of carbonyl (C=O) groups is 1. The van der Waals surface area contributed by atoms with Crippen molar-refractivity contribution in [3.63, 3.8) is 0 Å². The average molecular weight is 573 g/mol. The minimum Gasteiger partial charge on any atom is -0.383 e. The van der Waals surface area contributed by atoms with Crippen LogP contribution in [0.1, 0.15) is 24.4 Å². The van der Waals surface area contributed by atoms with Gasteiger partial charge in [-0.15, -0.1) is 11.8 Å². The quantitative estimate of drug-likeness (QED) is 0.318. The number of fused-ring (bicyclic) bond motifs is 2. The highest BCUT2D eigenvalue weighted by molar-refractivity contribution is 7.99. The fourth-order valence-corrected chi connectivity index (χ4v) is 7.89. The fraction of sp³-hybridized carbons (Fsp3) is 0.393. The highest BCUT2D eigenvalue weighted by Gasteiger charge is 2.43. The van der Waals surface area contributed by atoms with Gasteiger partial charge < -0.3 is 14.5 Å². The van der Waals surface area contributed by atoms with Gasteiger partial charge in [0.2, 0.25) is 5.91 Å². The highest BCUT2D eigenvalue weighted by atomic mass is 35.5. The molecule has 3 atom stereocenters. The van der Waals surface area contributed by atoms with E-state index in [1.54, 1.807) is 11.7 Å². The van der Waals surface area contributed by atoms with Crippen molar-refractivity contribution in [2.45, 2.75) is 42.8 Å². The van der Waals surface area contributed by atoms with Crippen molar-refractivity contribution < 1.29 is 18.3 Å². The van der Waals surface area contributed by atoms with Gasteiger partial charge in [0.25, 0.3) is 0 Å². The average Bonchev–Trinajstić information content (AvgIpc) is 3.17. The summed E-state index contributed by atoms with van der Waals surface area (Å²) in [5.41, 5.74) is 1.76. The first kappa shape index (κ1) is 26.3. The molecule has 4 heterocycles. The third-order valence-corrected chi connectivity index (χ3v) is 9.50. The van der Waals surface area contributed by atoms with Crippen LogP contribution in [0.3, 0.4) is 0 Å². The molecular formula is C28H27ClF2N4O3S. The number of piperazine rings is 1. The third-order valence-electron chi connectivity index (χ3n) is 7.98. The largest absolute Gasteiger partial charge is 0.383 e. The molecule has 0 N–H and O–H groups in total. The maximum Gasteiger partial charge on any atom is 0.350 e. The molecule has 1 aromatic heterocycles. The van der Waals surface area contributed by atoms with Crippen molar-refractivity contribution in [2.75, 3.05) is 37.5 Å². The lowest BCUT2D eigenvalue weighted by Gasteiger charge is -2.42. The van der Waals surface area contributed by atoms with Crippen LogP contribution < -0.4 is 10.6 Å². The summed E-state index contributed by atoms with van der Waals surface area (Å²) in [7, 11) is 1.58. The summed E-state index contributed by atoms with van der Waals surface area (Å²) in [5.74, 6) is -0.550. The van der Waals surface area contributed by atoms with Crippen LogP contribution in [0, 0.1) is 18.6 Å². The molecule has 3 aromatic rings. The van der Waals surface area contributed by atoms with Crippen LogP contribution in [0.5, 0.6) is 0 Å². The molecule has 6 rings (SSSR count). The summed E-state index contributed by atoms with van der Waals surface area (Å²) in [5, 5.41) is 0.599. The molecule has 204 valence electrons. The molecule has 0 radical (unpaired) electrons. The molecule has 39 heavy (non-hydrogen) atoms. The molecule has 3 aliphatic rings. The van der Waals surface area contributed by atoms with Gasteiger partial charge in [0.1, 0.15) is 17.5 Å². The van der Waals surface area contributed by atoms with E-state index in [9.17, 15) is 14.0 Å². The molecular weight excluding hydrogens is 546 g/mol. The minimum absolute atomic E-state index is 0.00680. The molecule has 2 bridgehead atoms. The van der Waals surface area contributed by atoms with Gasteiger partial charge in [-0.3, -0.25) is 9.36 Å². The number of nitrogens with zero attached hydrogens (tertiary/aromatic N) is 4. The van der Waals surface area contributed by atoms with Crippen molar-refractivity contribution in [3.05, 3.63) is 63.6 Å². The zero-order valence-electron chi connectivity index (χ0n) is 21.5. The van der Waals surface area contributed by atoms with E-state index in [0.717, 1.165) is 34.8 Å². The molecule has 2 saturated heterocycles. The van der Waals surface area contributed by atoms with Crippen molar-refractivity contribution in [3.8, 4) is 11.1 Å². The summed E-state index contributed by atoms with van der Waals surface area (Å²) in [6.07, 6.45) is 3.11. The van der Waals surface area contributed by atoms with E-state index in [0.29, 0.717) is 42.3 Å². The second-order valence-electron chi connectivity index (χ2n) is 10.3. The number of aromatic nitrogens is 2. The van der Waals surface area contributed by atoms with Crippen LogP contribution in [0.4, 0.5) is 14.6 Å². The molecule has 2 fully saturated rings. The molecule has 0 aliphatic carbocycles. The van der Waals surface area contributed by atoms with Gasteiger partial charge in [-0.2, -0.15) is 4.98 Å². The third kappa shape index (κ3) is 4.15. The van der Waals surface area contributed by atoms with Crippen molar-refractivity contribution in [1.82, 2.24) is 14.5 Å². The molecule has 7 nitrogen and oxygen atoms in total. The maximum atomic E-state index is 15.1. The Morgan fingerprint density at radius 3 is 2.62 bits per heavy atom. The number of anilines is 1. The number of aryl methyl sites for hydroxylation is 1. The van der Waals surface area contributed by atoms with Crippen molar-refractivity contribution in [1.29, 1.82) is 0 Å². The summed E-state index contributed by atoms with van der Waals surface area (Å²) in [4.78, 5) is 35.4. The van der Waals surface area contributed by atoms with Gasteiger partial charge in [-0.05, 0) is 43.5 Å². The number of halogens is 3. The first-order valence-electron chi connectivity index (χ1n) is 12.8. The standard InChI is InChI=1S/C28H27ClF2N4O3S/c1-4-23(36)34-15-5-6-16(34)11-33(10-15)27-19-7-14(2)24(18-8-20(29)22(31)9-21(18)30)26-25(19)35(28(37)32-27)17(12-38-3)13-39-26/h4,7-9,15-17H,1,5-6,10-13H2,2-3H3/t15?,16?,17-/m0/s1. The van der Waals surface area contributed by atoms with Crippen LogP contribution in [0.25, 0.3) is 22.0 Å². The second kappa shape index (κ2) is 9.91. The van der Waals surface area contributed by atoms with Crippen molar-refractivity contribution >= 4 is 46.0 Å². The number of rotatable bonds is 5. The summed E-state index contributed by atoms with van der Waals surface area (Å²) < 4.78 is 36.2. The summed E-state index contributed by atoms with van der Waals surface area (Å²) in [6, 6.07) is 3.76. The van der Waals surface area contributed by atoms with E-state index in [1.807, 2.05) is 17.9 Å². The van der Waals surface area contributed by atoms with Gasteiger partial charge in [0.05, 0.1) is 23.2 Å². The Labute approximate surface area is 233 Å². The predicted molar refractivity (Wildman–Crippen MR) is 149 cm³/mol. The number of benzene rings is 2. The van der Waals surface area contributed by atoms with E-state index in [1.165, 1.54) is 23.9 Å².